The summed E-state index contributed by atoms with van der Waals surface area (Å²) in [5, 5.41) is 0. The Morgan fingerprint density at radius 2 is 0.727 bits per heavy atom. The van der Waals surface area contributed by atoms with Crippen LogP contribution in [0.1, 0.15) is 247 Å². The van der Waals surface area contributed by atoms with Gasteiger partial charge in [-0.1, -0.05) is 170 Å². The number of nitrogens with zero attached hydrogens (tertiary/aromatic N) is 1. The van der Waals surface area contributed by atoms with Crippen LogP contribution >= 0.6 is 0 Å². The van der Waals surface area contributed by atoms with E-state index in [0.717, 1.165) is 71.0 Å². The SMILES string of the molecule is CCCCCCCCOC(CCC(=O)OC1CC(OC(=O)CCC(OCCCCCCCC)OCCCCCCCC)CC(OC(=O)OCCCN(CC)CC)C1)OCCCCCCCC. The molecule has 66 heavy (non-hydrogen) atoms. The van der Waals surface area contributed by atoms with E-state index in [1.807, 2.05) is 0 Å². The van der Waals surface area contributed by atoms with E-state index in [4.69, 9.17) is 37.9 Å². The molecule has 0 aliphatic heterocycles. The summed E-state index contributed by atoms with van der Waals surface area (Å²) < 4.78 is 48.0. The van der Waals surface area contributed by atoms with Gasteiger partial charge in [0.05, 0.1) is 19.4 Å². The molecular weight excluding hydrogens is 839 g/mol. The van der Waals surface area contributed by atoms with Crippen LogP contribution in [0.3, 0.4) is 0 Å². The highest BCUT2D eigenvalue weighted by Gasteiger charge is 2.36. The minimum absolute atomic E-state index is 0.123. The van der Waals surface area contributed by atoms with Crippen LogP contribution in [-0.4, -0.2) is 107 Å². The third kappa shape index (κ3) is 37.0. The average Bonchev–Trinajstić information content (AvgIpc) is 3.30. The fraction of sp³-hybridized carbons (Fsp3) is 0.944. The molecule has 0 aromatic rings. The topological polar surface area (TPSA) is 128 Å². The second-order valence-electron chi connectivity index (χ2n) is 18.6. The molecule has 0 aromatic heterocycles. The molecule has 12 nitrogen and oxygen atoms in total. The van der Waals surface area contributed by atoms with Crippen molar-refractivity contribution in [2.24, 2.45) is 0 Å². The lowest BCUT2D eigenvalue weighted by Gasteiger charge is -2.33. The molecule has 0 spiro atoms. The summed E-state index contributed by atoms with van der Waals surface area (Å²) in [6.45, 7) is 18.4. The first-order chi connectivity index (χ1) is 32.3. The first kappa shape index (κ1) is 62.0. The van der Waals surface area contributed by atoms with Gasteiger partial charge in [0.15, 0.2) is 12.6 Å². The molecule has 1 rings (SSSR count). The van der Waals surface area contributed by atoms with Gasteiger partial charge in [0.1, 0.15) is 18.3 Å². The second-order valence-corrected chi connectivity index (χ2v) is 18.6. The Kier molecular flexibility index (Phi) is 42.7. The van der Waals surface area contributed by atoms with Gasteiger partial charge in [0, 0.05) is 65.1 Å². The highest BCUT2D eigenvalue weighted by atomic mass is 16.7. The van der Waals surface area contributed by atoms with E-state index in [1.54, 1.807) is 0 Å². The van der Waals surface area contributed by atoms with Crippen LogP contribution in [0.5, 0.6) is 0 Å². The van der Waals surface area contributed by atoms with Gasteiger partial charge in [-0.05, 0) is 45.2 Å². The van der Waals surface area contributed by atoms with E-state index in [9.17, 15) is 14.4 Å². The van der Waals surface area contributed by atoms with E-state index >= 15 is 0 Å². The molecule has 1 saturated carbocycles. The molecule has 12 heteroatoms. The lowest BCUT2D eigenvalue weighted by Crippen LogP contribution is -2.40. The summed E-state index contributed by atoms with van der Waals surface area (Å²) in [6.07, 6.45) is 27.0. The standard InChI is InChI=1S/C54H103NO11/c1-7-13-17-21-25-29-39-59-52(60-40-30-26-22-18-14-8-2)36-34-50(56)64-47-44-48(46-49(45-47)66-54(58)63-43-33-38-55(11-5)12-6)65-51(57)35-37-53(61-41-31-27-23-19-15-9-3)62-42-32-28-24-20-16-10-4/h47-49,52-53H,7-46H2,1-6H3. The Morgan fingerprint density at radius 1 is 0.409 bits per heavy atom. The number of rotatable bonds is 47. The van der Waals surface area contributed by atoms with Gasteiger partial charge in [-0.25, -0.2) is 4.79 Å². The van der Waals surface area contributed by atoms with Crippen LogP contribution in [0.4, 0.5) is 4.79 Å². The number of carbonyl (C=O) groups excluding carboxylic acids is 3. The molecular formula is C54H103NO11. The fourth-order valence-corrected chi connectivity index (χ4v) is 8.39. The number of esters is 2. The number of carbonyl (C=O) groups is 3. The van der Waals surface area contributed by atoms with Gasteiger partial charge >= 0.3 is 18.1 Å². The summed E-state index contributed by atoms with van der Waals surface area (Å²) >= 11 is 0. The van der Waals surface area contributed by atoms with E-state index in [1.165, 1.54) is 103 Å². The van der Waals surface area contributed by atoms with Crippen LogP contribution in [-0.2, 0) is 47.5 Å². The maximum atomic E-state index is 13.4. The maximum Gasteiger partial charge on any atom is 0.508 e. The maximum absolute atomic E-state index is 13.4. The number of hydrogen-bond acceptors (Lipinski definition) is 12. The average molecular weight is 942 g/mol. The first-order valence-corrected chi connectivity index (χ1v) is 27.7. The molecule has 2 atom stereocenters. The third-order valence-corrected chi connectivity index (χ3v) is 12.5. The van der Waals surface area contributed by atoms with Gasteiger partial charge in [0.25, 0.3) is 0 Å². The van der Waals surface area contributed by atoms with E-state index in [-0.39, 0.29) is 31.4 Å². The Bertz CT molecular complexity index is 1010. The summed E-state index contributed by atoms with van der Waals surface area (Å²) in [7, 11) is 0. The normalized spacial score (nSPS) is 16.3. The third-order valence-electron chi connectivity index (χ3n) is 12.5. The Hall–Kier alpha value is -1.99. The number of hydrogen-bond donors (Lipinski definition) is 0. The highest BCUT2D eigenvalue weighted by molar-refractivity contribution is 5.70. The molecule has 2 unspecified atom stereocenters. The van der Waals surface area contributed by atoms with Crippen molar-refractivity contribution in [1.29, 1.82) is 0 Å². The molecule has 0 aromatic carbocycles. The summed E-state index contributed by atoms with van der Waals surface area (Å²) in [4.78, 5) is 42.0. The Labute approximate surface area is 404 Å². The zero-order valence-electron chi connectivity index (χ0n) is 43.6. The molecule has 1 aliphatic rings. The van der Waals surface area contributed by atoms with Gasteiger partial charge < -0.3 is 42.8 Å². The minimum atomic E-state index is -0.766. The smallest absolute Gasteiger partial charge is 0.462 e. The summed E-state index contributed by atoms with van der Waals surface area (Å²) in [5.41, 5.74) is 0. The molecule has 0 N–H and O–H groups in total. The summed E-state index contributed by atoms with van der Waals surface area (Å²) in [6, 6.07) is 0. The second kappa shape index (κ2) is 45.5. The van der Waals surface area contributed by atoms with Gasteiger partial charge in [-0.15, -0.1) is 0 Å². The summed E-state index contributed by atoms with van der Waals surface area (Å²) in [5.74, 6) is -0.761. The Balaban J connectivity index is 2.90. The van der Waals surface area contributed by atoms with Crippen LogP contribution < -0.4 is 0 Å². The minimum Gasteiger partial charge on any atom is -0.462 e. The van der Waals surface area contributed by atoms with Crippen molar-refractivity contribution >= 4 is 18.1 Å². The molecule has 0 radical (unpaired) electrons. The van der Waals surface area contributed by atoms with Gasteiger partial charge in [0.2, 0.25) is 0 Å². The van der Waals surface area contributed by atoms with E-state index in [2.05, 4.69) is 46.4 Å². The lowest BCUT2D eigenvalue weighted by molar-refractivity contribution is -0.172. The van der Waals surface area contributed by atoms with Crippen molar-refractivity contribution in [2.45, 2.75) is 278 Å². The van der Waals surface area contributed by atoms with Crippen molar-refractivity contribution in [3.05, 3.63) is 0 Å². The number of ether oxygens (including phenoxy) is 8. The van der Waals surface area contributed by atoms with Crippen LogP contribution in [0.25, 0.3) is 0 Å². The van der Waals surface area contributed by atoms with Crippen molar-refractivity contribution in [3.8, 4) is 0 Å². The van der Waals surface area contributed by atoms with Gasteiger partial charge in [-0.2, -0.15) is 0 Å². The predicted molar refractivity (Wildman–Crippen MR) is 266 cm³/mol. The van der Waals surface area contributed by atoms with Crippen LogP contribution in [0.15, 0.2) is 0 Å². The van der Waals surface area contributed by atoms with Crippen molar-refractivity contribution in [3.63, 3.8) is 0 Å². The lowest BCUT2D eigenvalue weighted by atomic mass is 9.92. The van der Waals surface area contributed by atoms with Crippen LogP contribution in [0, 0.1) is 0 Å². The van der Waals surface area contributed by atoms with E-state index < -0.39 is 37.0 Å². The van der Waals surface area contributed by atoms with E-state index in [0.29, 0.717) is 65.0 Å². The molecule has 0 heterocycles. The van der Waals surface area contributed by atoms with Crippen LogP contribution in [0.2, 0.25) is 0 Å². The zero-order chi connectivity index (χ0) is 48.1. The Morgan fingerprint density at radius 3 is 1.06 bits per heavy atom. The van der Waals surface area contributed by atoms with Crippen molar-refractivity contribution in [1.82, 2.24) is 4.90 Å². The molecule has 390 valence electrons. The zero-order valence-corrected chi connectivity index (χ0v) is 43.6. The number of unbranched alkanes of at least 4 members (excludes halogenated alkanes) is 20. The monoisotopic (exact) mass is 942 g/mol. The quantitative estimate of drug-likeness (QED) is 0.0249. The largest absolute Gasteiger partial charge is 0.508 e. The van der Waals surface area contributed by atoms with Gasteiger partial charge in [-0.3, -0.25) is 9.59 Å². The molecule has 1 fully saturated rings. The molecule has 0 bridgehead atoms. The fourth-order valence-electron chi connectivity index (χ4n) is 8.39. The molecule has 0 saturated heterocycles. The predicted octanol–water partition coefficient (Wildman–Crippen LogP) is 14.0. The molecule has 1 aliphatic carbocycles. The molecule has 0 amide bonds. The first-order valence-electron chi connectivity index (χ1n) is 27.7. The van der Waals surface area contributed by atoms with Crippen molar-refractivity contribution in [2.75, 3.05) is 52.7 Å². The van der Waals surface area contributed by atoms with Crippen molar-refractivity contribution < 1.29 is 52.3 Å². The highest BCUT2D eigenvalue weighted by Crippen LogP contribution is 2.28.